The summed E-state index contributed by atoms with van der Waals surface area (Å²) >= 11 is 0. The van der Waals surface area contributed by atoms with E-state index in [1.54, 1.807) is 18.2 Å². The number of anilines is 2. The molecule has 33 heavy (non-hydrogen) atoms. The Morgan fingerprint density at radius 3 is 2.45 bits per heavy atom. The van der Waals surface area contributed by atoms with Crippen molar-refractivity contribution in [2.24, 2.45) is 0 Å². The lowest BCUT2D eigenvalue weighted by atomic mass is 9.79. The van der Waals surface area contributed by atoms with Gasteiger partial charge >= 0.3 is 6.03 Å². The number of nitrogens with zero attached hydrogens (tertiary/aromatic N) is 2. The lowest BCUT2D eigenvalue weighted by molar-refractivity contribution is -0.122. The van der Waals surface area contributed by atoms with E-state index in [2.05, 4.69) is 50.0 Å². The standard InChI is InChI=1S/C27H31N3O3/c1-7-29-23-11-9-19(13-21(23)18(4)15-27(29,5)6)14-22-24(31)28-26(33)30(25(22)32)20-10-8-16(2)17(3)12-20/h8-14,18H,7,15H2,1-6H3,(H,28,31,33)/b22-14+/t18-/m1/s1. The Balaban J connectivity index is 1.73. The Hall–Kier alpha value is -3.41. The van der Waals surface area contributed by atoms with E-state index in [-0.39, 0.29) is 11.1 Å². The molecule has 6 nitrogen and oxygen atoms in total. The molecule has 1 fully saturated rings. The third-order valence-corrected chi connectivity index (χ3v) is 6.89. The van der Waals surface area contributed by atoms with Crippen LogP contribution in [-0.2, 0) is 9.59 Å². The highest BCUT2D eigenvalue weighted by Gasteiger charge is 2.38. The number of rotatable bonds is 3. The van der Waals surface area contributed by atoms with Gasteiger partial charge in [-0.15, -0.1) is 0 Å². The second-order valence-electron chi connectivity index (χ2n) is 9.71. The number of hydrogen-bond acceptors (Lipinski definition) is 4. The van der Waals surface area contributed by atoms with Gasteiger partial charge in [0.25, 0.3) is 11.8 Å². The first-order valence-electron chi connectivity index (χ1n) is 11.4. The van der Waals surface area contributed by atoms with E-state index in [9.17, 15) is 14.4 Å². The number of fused-ring (bicyclic) bond motifs is 1. The molecular weight excluding hydrogens is 414 g/mol. The number of barbiturate groups is 1. The van der Waals surface area contributed by atoms with E-state index >= 15 is 0 Å². The third kappa shape index (κ3) is 3.94. The molecule has 1 atom stereocenters. The molecular formula is C27H31N3O3. The highest BCUT2D eigenvalue weighted by molar-refractivity contribution is 6.39. The van der Waals surface area contributed by atoms with Gasteiger partial charge in [0.05, 0.1) is 5.69 Å². The summed E-state index contributed by atoms with van der Waals surface area (Å²) in [6.07, 6.45) is 2.60. The van der Waals surface area contributed by atoms with Gasteiger partial charge in [-0.1, -0.05) is 19.1 Å². The van der Waals surface area contributed by atoms with E-state index in [0.717, 1.165) is 34.6 Å². The fourth-order valence-corrected chi connectivity index (χ4v) is 5.12. The number of amides is 4. The first-order chi connectivity index (χ1) is 15.5. The summed E-state index contributed by atoms with van der Waals surface area (Å²) in [6, 6.07) is 10.7. The third-order valence-electron chi connectivity index (χ3n) is 6.89. The summed E-state index contributed by atoms with van der Waals surface area (Å²) in [6.45, 7) is 13.7. The highest BCUT2D eigenvalue weighted by Crippen LogP contribution is 2.43. The van der Waals surface area contributed by atoms with E-state index in [1.807, 2.05) is 26.0 Å². The molecule has 2 aromatic carbocycles. The van der Waals surface area contributed by atoms with Crippen LogP contribution in [0.1, 0.15) is 62.3 Å². The van der Waals surface area contributed by atoms with E-state index in [0.29, 0.717) is 11.6 Å². The molecule has 2 aliphatic rings. The molecule has 2 aromatic rings. The lowest BCUT2D eigenvalue weighted by Gasteiger charge is -2.47. The smallest absolute Gasteiger partial charge is 0.335 e. The minimum Gasteiger partial charge on any atom is -0.366 e. The largest absolute Gasteiger partial charge is 0.366 e. The van der Waals surface area contributed by atoms with Crippen molar-refractivity contribution in [3.63, 3.8) is 0 Å². The van der Waals surface area contributed by atoms with Gasteiger partial charge in [-0.3, -0.25) is 14.9 Å². The molecule has 6 heteroatoms. The second-order valence-corrected chi connectivity index (χ2v) is 9.71. The predicted octanol–water partition coefficient (Wildman–Crippen LogP) is 5.08. The van der Waals surface area contributed by atoms with Crippen LogP contribution in [0.3, 0.4) is 0 Å². The molecule has 0 radical (unpaired) electrons. The molecule has 0 saturated carbocycles. The number of carbonyl (C=O) groups excluding carboxylic acids is 3. The molecule has 2 aliphatic heterocycles. The van der Waals surface area contributed by atoms with Crippen LogP contribution in [0.2, 0.25) is 0 Å². The zero-order chi connectivity index (χ0) is 24.1. The fraction of sp³-hybridized carbons (Fsp3) is 0.370. The van der Waals surface area contributed by atoms with Gasteiger partial charge in [-0.25, -0.2) is 9.69 Å². The van der Waals surface area contributed by atoms with Gasteiger partial charge in [-0.2, -0.15) is 0 Å². The number of benzene rings is 2. The zero-order valence-corrected chi connectivity index (χ0v) is 20.2. The average molecular weight is 446 g/mol. The van der Waals surface area contributed by atoms with Crippen molar-refractivity contribution in [1.82, 2.24) is 5.32 Å². The van der Waals surface area contributed by atoms with Crippen LogP contribution >= 0.6 is 0 Å². The zero-order valence-electron chi connectivity index (χ0n) is 20.2. The maximum Gasteiger partial charge on any atom is 0.335 e. The Morgan fingerprint density at radius 1 is 1.06 bits per heavy atom. The van der Waals surface area contributed by atoms with E-state index < -0.39 is 17.8 Å². The van der Waals surface area contributed by atoms with Crippen LogP contribution in [0.4, 0.5) is 16.2 Å². The Morgan fingerprint density at radius 2 is 1.79 bits per heavy atom. The first-order valence-corrected chi connectivity index (χ1v) is 11.4. The molecule has 0 aliphatic carbocycles. The number of urea groups is 1. The summed E-state index contributed by atoms with van der Waals surface area (Å²) in [5, 5.41) is 2.31. The monoisotopic (exact) mass is 445 g/mol. The van der Waals surface area contributed by atoms with Crippen molar-refractivity contribution in [3.05, 3.63) is 64.2 Å². The summed E-state index contributed by atoms with van der Waals surface area (Å²) < 4.78 is 0. The van der Waals surface area contributed by atoms with Gasteiger partial charge in [-0.05, 0) is 99.6 Å². The van der Waals surface area contributed by atoms with Gasteiger partial charge in [0.15, 0.2) is 0 Å². The van der Waals surface area contributed by atoms with Crippen molar-refractivity contribution < 1.29 is 14.4 Å². The van der Waals surface area contributed by atoms with Crippen LogP contribution < -0.4 is 15.1 Å². The second kappa shape index (κ2) is 8.18. The molecule has 4 rings (SSSR count). The van der Waals surface area contributed by atoms with Crippen molar-refractivity contribution in [3.8, 4) is 0 Å². The van der Waals surface area contributed by atoms with Gasteiger partial charge in [0.2, 0.25) is 0 Å². The molecule has 0 unspecified atom stereocenters. The first kappa shape index (κ1) is 22.8. The molecule has 1 saturated heterocycles. The number of carbonyl (C=O) groups is 3. The Kier molecular flexibility index (Phi) is 5.64. The van der Waals surface area contributed by atoms with Gasteiger partial charge < -0.3 is 4.90 Å². The van der Waals surface area contributed by atoms with Crippen LogP contribution in [0.25, 0.3) is 6.08 Å². The summed E-state index contributed by atoms with van der Waals surface area (Å²) in [5.74, 6) is -0.943. The Bertz CT molecular complexity index is 1200. The van der Waals surface area contributed by atoms with Crippen LogP contribution in [0.5, 0.6) is 0 Å². The lowest BCUT2D eigenvalue weighted by Crippen LogP contribution is -2.54. The summed E-state index contributed by atoms with van der Waals surface area (Å²) in [7, 11) is 0. The number of imide groups is 2. The highest BCUT2D eigenvalue weighted by atomic mass is 16.2. The molecule has 0 aromatic heterocycles. The van der Waals surface area contributed by atoms with E-state index in [4.69, 9.17) is 0 Å². The summed E-state index contributed by atoms with van der Waals surface area (Å²) in [4.78, 5) is 41.8. The van der Waals surface area contributed by atoms with Crippen molar-refractivity contribution in [2.45, 2.75) is 59.4 Å². The van der Waals surface area contributed by atoms with Crippen LogP contribution in [0, 0.1) is 13.8 Å². The van der Waals surface area contributed by atoms with Crippen LogP contribution in [0.15, 0.2) is 42.0 Å². The molecule has 2 heterocycles. The number of hydrogen-bond donors (Lipinski definition) is 1. The topological polar surface area (TPSA) is 69.7 Å². The van der Waals surface area contributed by atoms with Crippen molar-refractivity contribution in [2.75, 3.05) is 16.3 Å². The molecule has 1 N–H and O–H groups in total. The molecule has 0 spiro atoms. The SMILES string of the molecule is CCN1c2ccc(/C=C3\C(=O)NC(=O)N(c4ccc(C)c(C)c4)C3=O)cc2[C@H](C)CC1(C)C. The summed E-state index contributed by atoms with van der Waals surface area (Å²) in [5.41, 5.74) is 5.64. The average Bonchev–Trinajstić information content (AvgIpc) is 2.73. The van der Waals surface area contributed by atoms with Crippen molar-refractivity contribution >= 4 is 35.3 Å². The van der Waals surface area contributed by atoms with Crippen LogP contribution in [-0.4, -0.2) is 29.9 Å². The quantitative estimate of drug-likeness (QED) is 0.528. The van der Waals surface area contributed by atoms with Gasteiger partial charge in [0, 0.05) is 17.8 Å². The maximum atomic E-state index is 13.3. The molecule has 0 bridgehead atoms. The normalized spacial score (nSPS) is 21.3. The fourth-order valence-electron chi connectivity index (χ4n) is 5.12. The molecule has 172 valence electrons. The minimum atomic E-state index is -0.731. The maximum absolute atomic E-state index is 13.3. The molecule has 4 amide bonds. The van der Waals surface area contributed by atoms with Crippen molar-refractivity contribution in [1.29, 1.82) is 0 Å². The minimum absolute atomic E-state index is 0.0519. The van der Waals surface area contributed by atoms with E-state index in [1.165, 1.54) is 11.3 Å². The Labute approximate surface area is 195 Å². The van der Waals surface area contributed by atoms with Gasteiger partial charge in [0.1, 0.15) is 5.57 Å². The predicted molar refractivity (Wildman–Crippen MR) is 131 cm³/mol. The number of aryl methyl sites for hydroxylation is 2. The number of nitrogens with one attached hydrogen (secondary N) is 1.